The normalized spacial score (nSPS) is 22.8. The van der Waals surface area contributed by atoms with E-state index in [1.165, 1.54) is 52.3 Å². The number of piperidine rings is 1. The maximum Gasteiger partial charge on any atom is 0.325 e. The number of methoxy groups -OCH3 is 1. The molecule has 0 aromatic heterocycles. The summed E-state index contributed by atoms with van der Waals surface area (Å²) in [6, 6.07) is 0.792. The van der Waals surface area contributed by atoms with Crippen LogP contribution in [0.4, 0.5) is 0 Å². The number of nitrogens with one attached hydrogen (secondary N) is 1. The molecule has 21 heavy (non-hydrogen) atoms. The summed E-state index contributed by atoms with van der Waals surface area (Å²) in [5.74, 6) is -0.160. The third-order valence-corrected chi connectivity index (χ3v) is 4.93. The number of ether oxygens (including phenoxy) is 1. The smallest absolute Gasteiger partial charge is 0.325 e. The van der Waals surface area contributed by atoms with Crippen molar-refractivity contribution in [3.05, 3.63) is 0 Å². The van der Waals surface area contributed by atoms with Crippen molar-refractivity contribution in [1.29, 1.82) is 0 Å². The number of unbranched alkanes of at least 4 members (excludes halogenated alkanes) is 1. The Labute approximate surface area is 130 Å². The van der Waals surface area contributed by atoms with E-state index in [0.29, 0.717) is 0 Å². The van der Waals surface area contributed by atoms with E-state index in [2.05, 4.69) is 17.1 Å². The highest BCUT2D eigenvalue weighted by molar-refractivity contribution is 5.80. The lowest BCUT2D eigenvalue weighted by molar-refractivity contribution is -0.148. The number of carbonyl (C=O) groups excluding carboxylic acids is 1. The van der Waals surface area contributed by atoms with Crippen LogP contribution in [0.1, 0.15) is 65.2 Å². The van der Waals surface area contributed by atoms with Gasteiger partial charge in [-0.25, -0.2) is 0 Å². The van der Waals surface area contributed by atoms with Gasteiger partial charge in [0.25, 0.3) is 0 Å². The molecule has 1 N–H and O–H groups in total. The highest BCUT2D eigenvalue weighted by Gasteiger charge is 2.31. The third kappa shape index (κ3) is 5.59. The van der Waals surface area contributed by atoms with Crippen molar-refractivity contribution in [3.8, 4) is 0 Å². The maximum absolute atomic E-state index is 11.8. The van der Waals surface area contributed by atoms with Crippen LogP contribution in [0.25, 0.3) is 0 Å². The van der Waals surface area contributed by atoms with Crippen LogP contribution in [0.3, 0.4) is 0 Å². The van der Waals surface area contributed by atoms with Crippen molar-refractivity contribution in [3.63, 3.8) is 0 Å². The van der Waals surface area contributed by atoms with Crippen LogP contribution in [-0.2, 0) is 9.53 Å². The molecule has 0 saturated carbocycles. The van der Waals surface area contributed by atoms with Gasteiger partial charge in [-0.1, -0.05) is 19.8 Å². The number of rotatable bonds is 9. The fraction of sp³-hybridized carbons (Fsp3) is 0.941. The first-order valence-electron chi connectivity index (χ1n) is 8.58. The lowest BCUT2D eigenvalue weighted by atomic mass is 9.94. The molecule has 1 saturated heterocycles. The second-order valence-electron chi connectivity index (χ2n) is 6.51. The van der Waals surface area contributed by atoms with E-state index in [4.69, 9.17) is 4.74 Å². The largest absolute Gasteiger partial charge is 0.468 e. The molecule has 1 aliphatic heterocycles. The van der Waals surface area contributed by atoms with Gasteiger partial charge in [0.2, 0.25) is 0 Å². The summed E-state index contributed by atoms with van der Waals surface area (Å²) in [5.41, 5.74) is -0.542. The van der Waals surface area contributed by atoms with Gasteiger partial charge in [-0.05, 0) is 65.6 Å². The Balaban J connectivity index is 2.33. The zero-order chi connectivity index (χ0) is 15.7. The lowest BCUT2D eigenvalue weighted by Crippen LogP contribution is -2.48. The minimum atomic E-state index is -0.542. The summed E-state index contributed by atoms with van der Waals surface area (Å²) >= 11 is 0. The average Bonchev–Trinajstić information content (AvgIpc) is 2.52. The standard InChI is InChI=1S/C17H34N2O2/c1-5-10-15-11-6-8-13-19(15)14-9-7-12-17(2,18-3)16(20)21-4/h15,18H,5-14H2,1-4H3. The molecule has 1 rings (SSSR count). The van der Waals surface area contributed by atoms with E-state index in [1.807, 2.05) is 14.0 Å². The Morgan fingerprint density at radius 1 is 1.38 bits per heavy atom. The van der Waals surface area contributed by atoms with Crippen molar-refractivity contribution in [1.82, 2.24) is 10.2 Å². The number of likely N-dealkylation sites (N-methyl/N-ethyl adjacent to an activating group) is 1. The maximum atomic E-state index is 11.8. The van der Waals surface area contributed by atoms with Gasteiger partial charge in [-0.15, -0.1) is 0 Å². The number of esters is 1. The SMILES string of the molecule is CCCC1CCCCN1CCCCC(C)(NC)C(=O)OC. The number of hydrogen-bond acceptors (Lipinski definition) is 4. The lowest BCUT2D eigenvalue weighted by Gasteiger charge is -2.36. The van der Waals surface area contributed by atoms with Crippen molar-refractivity contribution in [2.75, 3.05) is 27.2 Å². The number of carbonyl (C=O) groups is 1. The van der Waals surface area contributed by atoms with Crippen LogP contribution in [-0.4, -0.2) is 49.7 Å². The molecule has 0 aromatic rings. The van der Waals surface area contributed by atoms with Crippen LogP contribution >= 0.6 is 0 Å². The van der Waals surface area contributed by atoms with Gasteiger partial charge < -0.3 is 15.0 Å². The summed E-state index contributed by atoms with van der Waals surface area (Å²) in [6.45, 7) is 6.64. The molecule has 0 spiro atoms. The summed E-state index contributed by atoms with van der Waals surface area (Å²) in [4.78, 5) is 14.5. The molecule has 1 heterocycles. The average molecular weight is 298 g/mol. The molecule has 4 heteroatoms. The molecule has 2 atom stereocenters. The zero-order valence-corrected chi connectivity index (χ0v) is 14.4. The third-order valence-electron chi connectivity index (χ3n) is 4.93. The molecular weight excluding hydrogens is 264 g/mol. The molecule has 0 amide bonds. The van der Waals surface area contributed by atoms with Crippen molar-refractivity contribution >= 4 is 5.97 Å². The summed E-state index contributed by atoms with van der Waals surface area (Å²) < 4.78 is 4.89. The predicted octanol–water partition coefficient (Wildman–Crippen LogP) is 2.96. The first-order valence-corrected chi connectivity index (χ1v) is 8.58. The molecular formula is C17H34N2O2. The molecule has 124 valence electrons. The van der Waals surface area contributed by atoms with Crippen LogP contribution < -0.4 is 5.32 Å². The second kappa shape index (κ2) is 9.42. The Morgan fingerprint density at radius 3 is 2.76 bits per heavy atom. The molecule has 1 aliphatic rings. The summed E-state index contributed by atoms with van der Waals surface area (Å²) in [6.07, 6.45) is 9.76. The number of hydrogen-bond donors (Lipinski definition) is 1. The van der Waals surface area contributed by atoms with Crippen molar-refractivity contribution in [2.24, 2.45) is 0 Å². The van der Waals surface area contributed by atoms with Gasteiger partial charge in [-0.3, -0.25) is 4.79 Å². The topological polar surface area (TPSA) is 41.6 Å². The molecule has 0 bridgehead atoms. The van der Waals surface area contributed by atoms with Crippen LogP contribution in [0.15, 0.2) is 0 Å². The van der Waals surface area contributed by atoms with E-state index in [-0.39, 0.29) is 5.97 Å². The van der Waals surface area contributed by atoms with E-state index < -0.39 is 5.54 Å². The zero-order valence-electron chi connectivity index (χ0n) is 14.4. The van der Waals surface area contributed by atoms with Gasteiger partial charge >= 0.3 is 5.97 Å². The van der Waals surface area contributed by atoms with Crippen molar-refractivity contribution in [2.45, 2.75) is 76.8 Å². The van der Waals surface area contributed by atoms with E-state index in [0.717, 1.165) is 25.3 Å². The predicted molar refractivity (Wildman–Crippen MR) is 87.5 cm³/mol. The Morgan fingerprint density at radius 2 is 2.14 bits per heavy atom. The fourth-order valence-corrected chi connectivity index (χ4v) is 3.36. The van der Waals surface area contributed by atoms with Crippen LogP contribution in [0.2, 0.25) is 0 Å². The van der Waals surface area contributed by atoms with Crippen molar-refractivity contribution < 1.29 is 9.53 Å². The minimum absolute atomic E-state index is 0.160. The molecule has 4 nitrogen and oxygen atoms in total. The Kier molecular flexibility index (Phi) is 8.27. The van der Waals surface area contributed by atoms with Gasteiger partial charge in [0.15, 0.2) is 0 Å². The van der Waals surface area contributed by atoms with Gasteiger partial charge in [0, 0.05) is 6.04 Å². The van der Waals surface area contributed by atoms with E-state index >= 15 is 0 Å². The highest BCUT2D eigenvalue weighted by Crippen LogP contribution is 2.22. The molecule has 2 unspecified atom stereocenters. The molecule has 0 aliphatic carbocycles. The number of nitrogens with zero attached hydrogens (tertiary/aromatic N) is 1. The first kappa shape index (κ1) is 18.4. The van der Waals surface area contributed by atoms with E-state index in [9.17, 15) is 4.79 Å². The van der Waals surface area contributed by atoms with Gasteiger partial charge in [-0.2, -0.15) is 0 Å². The Hall–Kier alpha value is -0.610. The number of likely N-dealkylation sites (tertiary alicyclic amines) is 1. The van der Waals surface area contributed by atoms with Gasteiger partial charge in [0.05, 0.1) is 7.11 Å². The second-order valence-corrected chi connectivity index (χ2v) is 6.51. The molecule has 1 fully saturated rings. The Bertz CT molecular complexity index is 307. The van der Waals surface area contributed by atoms with Crippen LogP contribution in [0.5, 0.6) is 0 Å². The van der Waals surface area contributed by atoms with E-state index in [1.54, 1.807) is 0 Å². The summed E-state index contributed by atoms with van der Waals surface area (Å²) in [7, 11) is 3.29. The minimum Gasteiger partial charge on any atom is -0.468 e. The molecule has 0 radical (unpaired) electrons. The quantitative estimate of drug-likeness (QED) is 0.525. The monoisotopic (exact) mass is 298 g/mol. The highest BCUT2D eigenvalue weighted by atomic mass is 16.5. The first-order chi connectivity index (χ1) is 10.1. The molecule has 0 aromatic carbocycles. The fourth-order valence-electron chi connectivity index (χ4n) is 3.36. The van der Waals surface area contributed by atoms with Gasteiger partial charge in [0.1, 0.15) is 5.54 Å². The summed E-state index contributed by atoms with van der Waals surface area (Å²) in [5, 5.41) is 3.11. The van der Waals surface area contributed by atoms with Crippen LogP contribution in [0, 0.1) is 0 Å².